The lowest BCUT2D eigenvalue weighted by Gasteiger charge is -2.12. The first-order valence-electron chi connectivity index (χ1n) is 8.82. The molecular formula is C18H22N6O3S. The van der Waals surface area contributed by atoms with Crippen LogP contribution in [0.1, 0.15) is 50.6 Å². The first-order valence-corrected chi connectivity index (χ1v) is 9.63. The van der Waals surface area contributed by atoms with Gasteiger partial charge in [0.1, 0.15) is 5.76 Å². The van der Waals surface area contributed by atoms with Crippen molar-refractivity contribution < 1.29 is 9.15 Å². The summed E-state index contributed by atoms with van der Waals surface area (Å²) in [5, 5.41) is 3.52. The second-order valence-electron chi connectivity index (χ2n) is 6.97. The maximum absolute atomic E-state index is 11.6. The molecule has 0 aliphatic carbocycles. The summed E-state index contributed by atoms with van der Waals surface area (Å²) in [6.07, 6.45) is 7.88. The number of ether oxygens (including phenoxy) is 1. The van der Waals surface area contributed by atoms with E-state index in [1.54, 1.807) is 18.5 Å². The van der Waals surface area contributed by atoms with Crippen LogP contribution in [0.5, 0.6) is 6.01 Å². The first kappa shape index (κ1) is 19.7. The van der Waals surface area contributed by atoms with Gasteiger partial charge in [-0.3, -0.25) is 4.98 Å². The minimum absolute atomic E-state index is 0.0309. The van der Waals surface area contributed by atoms with Gasteiger partial charge in [-0.15, -0.1) is 4.98 Å². The molecule has 3 aromatic rings. The highest BCUT2D eigenvalue weighted by Gasteiger charge is 2.18. The Morgan fingerprint density at radius 3 is 2.79 bits per heavy atom. The molecule has 3 heterocycles. The predicted molar refractivity (Wildman–Crippen MR) is 108 cm³/mol. The molecule has 2 N–H and O–H groups in total. The summed E-state index contributed by atoms with van der Waals surface area (Å²) in [6, 6.07) is 0.0309. The second-order valence-corrected chi connectivity index (χ2v) is 8.03. The van der Waals surface area contributed by atoms with E-state index in [2.05, 4.69) is 51.0 Å². The molecule has 0 saturated heterocycles. The Balaban J connectivity index is 1.68. The fourth-order valence-electron chi connectivity index (χ4n) is 2.07. The van der Waals surface area contributed by atoms with Crippen molar-refractivity contribution in [2.45, 2.75) is 39.5 Å². The molecular weight excluding hydrogens is 380 g/mol. The molecule has 0 saturated carbocycles. The van der Waals surface area contributed by atoms with Crippen LogP contribution in [-0.2, 0) is 5.41 Å². The topological polar surface area (TPSA) is 119 Å². The SMILES string of the molecule is CCCOc1nc(Nc2ncc(C=Cc3ncc(C(C)(C)C)o3)s2)[nH]c(=O)n1. The Kier molecular flexibility index (Phi) is 5.88. The fraction of sp³-hybridized carbons (Fsp3) is 0.389. The number of hydrogen-bond donors (Lipinski definition) is 2. The van der Waals surface area contributed by atoms with E-state index in [9.17, 15) is 4.79 Å². The van der Waals surface area contributed by atoms with Crippen molar-refractivity contribution in [1.29, 1.82) is 0 Å². The Morgan fingerprint density at radius 2 is 2.07 bits per heavy atom. The summed E-state index contributed by atoms with van der Waals surface area (Å²) in [5.41, 5.74) is -0.631. The van der Waals surface area contributed by atoms with Crippen LogP contribution in [0.25, 0.3) is 12.2 Å². The molecule has 0 aromatic carbocycles. The maximum atomic E-state index is 11.6. The zero-order valence-corrected chi connectivity index (χ0v) is 17.0. The summed E-state index contributed by atoms with van der Waals surface area (Å²) < 4.78 is 11.0. The van der Waals surface area contributed by atoms with Gasteiger partial charge in [0.15, 0.2) is 5.13 Å². The lowest BCUT2D eigenvalue weighted by molar-refractivity contribution is 0.290. The predicted octanol–water partition coefficient (Wildman–Crippen LogP) is 3.61. The monoisotopic (exact) mass is 402 g/mol. The third kappa shape index (κ3) is 5.26. The molecule has 0 bridgehead atoms. The molecule has 0 atom stereocenters. The van der Waals surface area contributed by atoms with Crippen molar-refractivity contribution in [3.8, 4) is 6.01 Å². The Labute approximate surface area is 165 Å². The highest BCUT2D eigenvalue weighted by molar-refractivity contribution is 7.16. The second kappa shape index (κ2) is 8.34. The molecule has 3 rings (SSSR count). The van der Waals surface area contributed by atoms with E-state index in [1.807, 2.05) is 13.0 Å². The summed E-state index contributed by atoms with van der Waals surface area (Å²) in [6.45, 7) is 8.60. The largest absolute Gasteiger partial charge is 0.463 e. The van der Waals surface area contributed by atoms with Gasteiger partial charge in [-0.2, -0.15) is 4.98 Å². The summed E-state index contributed by atoms with van der Waals surface area (Å²) in [7, 11) is 0. The maximum Gasteiger partial charge on any atom is 0.352 e. The highest BCUT2D eigenvalue weighted by atomic mass is 32.1. The molecule has 0 aliphatic heterocycles. The third-order valence-electron chi connectivity index (χ3n) is 3.47. The van der Waals surface area contributed by atoms with Crippen LogP contribution in [0.2, 0.25) is 0 Å². The van der Waals surface area contributed by atoms with Crippen molar-refractivity contribution in [3.63, 3.8) is 0 Å². The van der Waals surface area contributed by atoms with Crippen LogP contribution in [0, 0.1) is 0 Å². The van der Waals surface area contributed by atoms with Crippen molar-refractivity contribution in [1.82, 2.24) is 24.9 Å². The first-order chi connectivity index (χ1) is 13.3. The fourth-order valence-corrected chi connectivity index (χ4v) is 2.79. The van der Waals surface area contributed by atoms with Gasteiger partial charge in [-0.1, -0.05) is 39.0 Å². The number of rotatable bonds is 7. The normalized spacial score (nSPS) is 11.9. The van der Waals surface area contributed by atoms with Gasteiger partial charge in [0, 0.05) is 22.6 Å². The molecule has 0 radical (unpaired) electrons. The van der Waals surface area contributed by atoms with Gasteiger partial charge in [0.2, 0.25) is 11.8 Å². The number of nitrogens with one attached hydrogen (secondary N) is 2. The lowest BCUT2D eigenvalue weighted by Crippen LogP contribution is -2.16. The van der Waals surface area contributed by atoms with Crippen molar-refractivity contribution in [2.75, 3.05) is 11.9 Å². The number of aromatic nitrogens is 5. The number of hydrogen-bond acceptors (Lipinski definition) is 9. The molecule has 3 aromatic heterocycles. The van der Waals surface area contributed by atoms with Crippen molar-refractivity contribution in [3.05, 3.63) is 39.4 Å². The molecule has 10 heteroatoms. The van der Waals surface area contributed by atoms with Gasteiger partial charge in [-0.05, 0) is 12.5 Å². The van der Waals surface area contributed by atoms with Gasteiger partial charge < -0.3 is 14.5 Å². The van der Waals surface area contributed by atoms with Gasteiger partial charge in [0.25, 0.3) is 0 Å². The van der Waals surface area contributed by atoms with Crippen LogP contribution in [0.4, 0.5) is 11.1 Å². The van der Waals surface area contributed by atoms with E-state index >= 15 is 0 Å². The Hall–Kier alpha value is -3.01. The summed E-state index contributed by atoms with van der Waals surface area (Å²) >= 11 is 1.39. The molecule has 0 fully saturated rings. The number of thiazole rings is 1. The standard InChI is InChI=1S/C18H22N6O3S/c1-5-8-26-16-22-14(21-15(25)24-16)23-17-20-9-11(28-17)6-7-13-19-10-12(27-13)18(2,3)4/h6-7,9-10H,5,8H2,1-4H3,(H2,20,21,22,23,24,25). The van der Waals surface area contributed by atoms with E-state index in [1.165, 1.54) is 11.3 Å². The Bertz CT molecular complexity index is 1010. The molecule has 9 nitrogen and oxygen atoms in total. The molecule has 0 amide bonds. The number of H-pyrrole nitrogens is 1. The van der Waals surface area contributed by atoms with Crippen LogP contribution in [0.3, 0.4) is 0 Å². The quantitative estimate of drug-likeness (QED) is 0.615. The summed E-state index contributed by atoms with van der Waals surface area (Å²) in [5.74, 6) is 1.58. The van der Waals surface area contributed by atoms with Crippen LogP contribution >= 0.6 is 11.3 Å². The van der Waals surface area contributed by atoms with Crippen LogP contribution in [0.15, 0.2) is 21.6 Å². The number of oxazole rings is 1. The van der Waals surface area contributed by atoms with Crippen molar-refractivity contribution >= 4 is 34.6 Å². The zero-order valence-electron chi connectivity index (χ0n) is 16.1. The van der Waals surface area contributed by atoms with Crippen LogP contribution in [-0.4, -0.2) is 31.5 Å². The van der Waals surface area contributed by atoms with E-state index in [0.717, 1.165) is 17.1 Å². The highest BCUT2D eigenvalue weighted by Crippen LogP contribution is 2.25. The minimum atomic E-state index is -0.543. The van der Waals surface area contributed by atoms with Gasteiger partial charge >= 0.3 is 11.7 Å². The number of anilines is 2. The van der Waals surface area contributed by atoms with E-state index in [0.29, 0.717) is 17.6 Å². The lowest BCUT2D eigenvalue weighted by atomic mass is 9.94. The smallest absolute Gasteiger partial charge is 0.352 e. The average Bonchev–Trinajstić information content (AvgIpc) is 3.26. The molecule has 0 aliphatic rings. The van der Waals surface area contributed by atoms with Crippen LogP contribution < -0.4 is 15.7 Å². The summed E-state index contributed by atoms with van der Waals surface area (Å²) in [4.78, 5) is 31.3. The third-order valence-corrected chi connectivity index (χ3v) is 4.35. The van der Waals surface area contributed by atoms with E-state index < -0.39 is 5.69 Å². The number of aromatic amines is 1. The Morgan fingerprint density at radius 1 is 1.25 bits per heavy atom. The number of nitrogens with zero attached hydrogens (tertiary/aromatic N) is 4. The molecule has 0 spiro atoms. The molecule has 28 heavy (non-hydrogen) atoms. The van der Waals surface area contributed by atoms with Crippen molar-refractivity contribution in [2.24, 2.45) is 0 Å². The minimum Gasteiger partial charge on any atom is -0.463 e. The molecule has 0 unspecified atom stereocenters. The van der Waals surface area contributed by atoms with E-state index in [4.69, 9.17) is 9.15 Å². The average molecular weight is 402 g/mol. The van der Waals surface area contributed by atoms with E-state index in [-0.39, 0.29) is 17.4 Å². The van der Waals surface area contributed by atoms with Gasteiger partial charge in [-0.25, -0.2) is 14.8 Å². The molecule has 148 valence electrons. The van der Waals surface area contributed by atoms with Gasteiger partial charge in [0.05, 0.1) is 12.8 Å². The zero-order chi connectivity index (χ0) is 20.1.